The molecule has 0 atom stereocenters. The predicted molar refractivity (Wildman–Crippen MR) is 129 cm³/mol. The minimum absolute atomic E-state index is 0.204. The SMILES string of the molecule is CN1CCN(Cc2c(-c3ccc(Cl)cc3)nc3ccc(-c4ccccc4)cn23)CCC1=O. The fourth-order valence-corrected chi connectivity index (χ4v) is 4.35. The van der Waals surface area contributed by atoms with E-state index in [1.54, 1.807) is 0 Å². The molecular weight excluding hydrogens is 420 g/mol. The largest absolute Gasteiger partial charge is 0.344 e. The summed E-state index contributed by atoms with van der Waals surface area (Å²) in [5, 5.41) is 0.708. The van der Waals surface area contributed by atoms with Crippen molar-refractivity contribution in [3.05, 3.63) is 83.6 Å². The third-order valence-corrected chi connectivity index (χ3v) is 6.39. The van der Waals surface area contributed by atoms with E-state index in [0.717, 1.165) is 54.3 Å². The van der Waals surface area contributed by atoms with Crippen LogP contribution < -0.4 is 0 Å². The second-order valence-corrected chi connectivity index (χ2v) is 8.70. The first-order chi connectivity index (χ1) is 15.6. The van der Waals surface area contributed by atoms with Gasteiger partial charge in [-0.3, -0.25) is 9.69 Å². The van der Waals surface area contributed by atoms with Crippen LogP contribution in [0.1, 0.15) is 12.1 Å². The summed E-state index contributed by atoms with van der Waals surface area (Å²) in [7, 11) is 1.88. The van der Waals surface area contributed by atoms with Crippen LogP contribution in [0, 0.1) is 0 Å². The van der Waals surface area contributed by atoms with Gasteiger partial charge in [0.15, 0.2) is 0 Å². The first-order valence-electron chi connectivity index (χ1n) is 10.9. The number of fused-ring (bicyclic) bond motifs is 1. The Labute approximate surface area is 192 Å². The molecule has 1 saturated heterocycles. The molecule has 2 aromatic heterocycles. The molecule has 6 heteroatoms. The summed E-state index contributed by atoms with van der Waals surface area (Å²) in [6, 6.07) is 22.4. The van der Waals surface area contributed by atoms with Gasteiger partial charge in [-0.1, -0.05) is 54.1 Å². The summed E-state index contributed by atoms with van der Waals surface area (Å²) in [6.45, 7) is 3.04. The lowest BCUT2D eigenvalue weighted by Gasteiger charge is -2.20. The lowest BCUT2D eigenvalue weighted by atomic mass is 10.1. The van der Waals surface area contributed by atoms with Crippen molar-refractivity contribution in [1.29, 1.82) is 0 Å². The molecule has 1 aliphatic rings. The van der Waals surface area contributed by atoms with Crippen LogP contribution >= 0.6 is 11.6 Å². The summed E-state index contributed by atoms with van der Waals surface area (Å²) >= 11 is 6.14. The van der Waals surface area contributed by atoms with Gasteiger partial charge >= 0.3 is 0 Å². The Balaban J connectivity index is 1.60. The first kappa shape index (κ1) is 20.7. The van der Waals surface area contributed by atoms with Crippen LogP contribution in [-0.4, -0.2) is 51.8 Å². The van der Waals surface area contributed by atoms with Crippen LogP contribution in [0.5, 0.6) is 0 Å². The molecule has 0 radical (unpaired) electrons. The van der Waals surface area contributed by atoms with Crippen LogP contribution in [0.4, 0.5) is 0 Å². The Kier molecular flexibility index (Phi) is 5.68. The number of benzene rings is 2. The van der Waals surface area contributed by atoms with Crippen molar-refractivity contribution in [3.8, 4) is 22.4 Å². The second-order valence-electron chi connectivity index (χ2n) is 8.27. The van der Waals surface area contributed by atoms with Gasteiger partial charge < -0.3 is 9.30 Å². The molecule has 5 nitrogen and oxygen atoms in total. The number of carbonyl (C=O) groups excluding carboxylic acids is 1. The Bertz CT molecular complexity index is 1250. The average Bonchev–Trinajstić information content (AvgIpc) is 3.10. The van der Waals surface area contributed by atoms with Gasteiger partial charge in [-0.2, -0.15) is 0 Å². The minimum atomic E-state index is 0.204. The topological polar surface area (TPSA) is 40.9 Å². The molecule has 1 fully saturated rings. The van der Waals surface area contributed by atoms with Gasteiger partial charge in [-0.05, 0) is 35.4 Å². The van der Waals surface area contributed by atoms with Crippen molar-refractivity contribution >= 4 is 23.2 Å². The second kappa shape index (κ2) is 8.77. The zero-order chi connectivity index (χ0) is 22.1. The Morgan fingerprint density at radius 3 is 2.41 bits per heavy atom. The molecule has 162 valence electrons. The Morgan fingerprint density at radius 2 is 1.62 bits per heavy atom. The van der Waals surface area contributed by atoms with E-state index in [1.807, 2.05) is 42.3 Å². The number of halogens is 1. The van der Waals surface area contributed by atoms with Gasteiger partial charge in [0.05, 0.1) is 11.4 Å². The number of hydrogen-bond acceptors (Lipinski definition) is 3. The molecular formula is C26H25ClN4O. The smallest absolute Gasteiger partial charge is 0.223 e. The van der Waals surface area contributed by atoms with Crippen molar-refractivity contribution in [2.24, 2.45) is 0 Å². The van der Waals surface area contributed by atoms with Crippen LogP contribution in [0.25, 0.3) is 28.0 Å². The van der Waals surface area contributed by atoms with Crippen molar-refractivity contribution in [3.63, 3.8) is 0 Å². The van der Waals surface area contributed by atoms with Crippen molar-refractivity contribution in [2.75, 3.05) is 26.7 Å². The maximum Gasteiger partial charge on any atom is 0.223 e. The number of aromatic nitrogens is 2. The standard InChI is InChI=1S/C26H25ClN4O/c1-29-15-16-30(14-13-25(29)32)18-23-26(20-7-10-22(27)11-8-20)28-24-12-9-21(17-31(23)24)19-5-3-2-4-6-19/h2-12,17H,13-16,18H2,1H3. The fourth-order valence-electron chi connectivity index (χ4n) is 4.23. The van der Waals surface area contributed by atoms with Gasteiger partial charge in [0.2, 0.25) is 5.91 Å². The quantitative estimate of drug-likeness (QED) is 0.445. The van der Waals surface area contributed by atoms with Crippen LogP contribution in [0.2, 0.25) is 5.02 Å². The van der Waals surface area contributed by atoms with E-state index in [0.29, 0.717) is 11.4 Å². The normalized spacial score (nSPS) is 15.3. The average molecular weight is 445 g/mol. The lowest BCUT2D eigenvalue weighted by Crippen LogP contribution is -2.30. The van der Waals surface area contributed by atoms with E-state index in [1.165, 1.54) is 5.56 Å². The van der Waals surface area contributed by atoms with E-state index < -0.39 is 0 Å². The fraction of sp³-hybridized carbons (Fsp3) is 0.231. The summed E-state index contributed by atoms with van der Waals surface area (Å²) in [4.78, 5) is 21.3. The number of pyridine rings is 1. The van der Waals surface area contributed by atoms with Crippen molar-refractivity contribution in [1.82, 2.24) is 19.2 Å². The molecule has 5 rings (SSSR count). The van der Waals surface area contributed by atoms with Gasteiger partial charge in [0.25, 0.3) is 0 Å². The van der Waals surface area contributed by atoms with E-state index in [4.69, 9.17) is 16.6 Å². The van der Waals surface area contributed by atoms with Crippen molar-refractivity contribution in [2.45, 2.75) is 13.0 Å². The lowest BCUT2D eigenvalue weighted by molar-refractivity contribution is -0.129. The molecule has 0 spiro atoms. The van der Waals surface area contributed by atoms with E-state index >= 15 is 0 Å². The summed E-state index contributed by atoms with van der Waals surface area (Å²) in [6.07, 6.45) is 2.71. The number of carbonyl (C=O) groups is 1. The molecule has 2 aromatic carbocycles. The Hall–Kier alpha value is -3.15. The molecule has 32 heavy (non-hydrogen) atoms. The molecule has 0 aliphatic carbocycles. The summed E-state index contributed by atoms with van der Waals surface area (Å²) in [5.74, 6) is 0.204. The van der Waals surface area contributed by atoms with Gasteiger partial charge in [-0.15, -0.1) is 0 Å². The Morgan fingerprint density at radius 1 is 0.875 bits per heavy atom. The molecule has 1 aliphatic heterocycles. The number of amides is 1. The molecule has 3 heterocycles. The van der Waals surface area contributed by atoms with Crippen molar-refractivity contribution < 1.29 is 4.79 Å². The highest BCUT2D eigenvalue weighted by Gasteiger charge is 2.22. The van der Waals surface area contributed by atoms with E-state index in [2.05, 4.69) is 51.9 Å². The minimum Gasteiger partial charge on any atom is -0.344 e. The van der Waals surface area contributed by atoms with E-state index in [9.17, 15) is 4.79 Å². The van der Waals surface area contributed by atoms with Crippen LogP contribution in [0.15, 0.2) is 72.9 Å². The highest BCUT2D eigenvalue weighted by Crippen LogP contribution is 2.29. The first-order valence-corrected chi connectivity index (χ1v) is 11.2. The van der Waals surface area contributed by atoms with Gasteiger partial charge in [0.1, 0.15) is 5.65 Å². The highest BCUT2D eigenvalue weighted by atomic mass is 35.5. The number of likely N-dealkylation sites (N-methyl/N-ethyl adjacent to an activating group) is 1. The highest BCUT2D eigenvalue weighted by molar-refractivity contribution is 6.30. The number of rotatable bonds is 4. The molecule has 1 amide bonds. The number of imidazole rings is 1. The van der Waals surface area contributed by atoms with Crippen LogP contribution in [-0.2, 0) is 11.3 Å². The molecule has 0 N–H and O–H groups in total. The zero-order valence-corrected chi connectivity index (χ0v) is 18.8. The summed E-state index contributed by atoms with van der Waals surface area (Å²) < 4.78 is 2.20. The van der Waals surface area contributed by atoms with Gasteiger partial charge in [0, 0.05) is 56.4 Å². The van der Waals surface area contributed by atoms with E-state index in [-0.39, 0.29) is 5.91 Å². The monoisotopic (exact) mass is 444 g/mol. The predicted octanol–water partition coefficient (Wildman–Crippen LogP) is 4.99. The number of nitrogens with zero attached hydrogens (tertiary/aromatic N) is 4. The maximum atomic E-state index is 12.2. The molecule has 4 aromatic rings. The molecule has 0 bridgehead atoms. The number of hydrogen-bond donors (Lipinski definition) is 0. The third kappa shape index (κ3) is 4.14. The molecule has 0 unspecified atom stereocenters. The summed E-state index contributed by atoms with van der Waals surface area (Å²) in [5.41, 5.74) is 6.34. The molecule has 0 saturated carbocycles. The van der Waals surface area contributed by atoms with Gasteiger partial charge in [-0.25, -0.2) is 4.98 Å². The zero-order valence-electron chi connectivity index (χ0n) is 18.0. The maximum absolute atomic E-state index is 12.2. The van der Waals surface area contributed by atoms with Crippen LogP contribution in [0.3, 0.4) is 0 Å². The third-order valence-electron chi connectivity index (χ3n) is 6.13.